The van der Waals surface area contributed by atoms with Crippen LogP contribution >= 0.6 is 0 Å². The van der Waals surface area contributed by atoms with Crippen molar-refractivity contribution in [3.8, 4) is 11.5 Å². The number of fused-ring (bicyclic) bond motifs is 1. The molecule has 4 atom stereocenters. The number of aliphatic hydroxyl groups is 3. The zero-order valence-electron chi connectivity index (χ0n) is 15.5. The van der Waals surface area contributed by atoms with Crippen LogP contribution in [0.2, 0.25) is 0 Å². The summed E-state index contributed by atoms with van der Waals surface area (Å²) in [5.41, 5.74) is 1.91. The number of nitrogens with one attached hydrogen (secondary N) is 2. The molecule has 1 aliphatic rings. The Labute approximate surface area is 165 Å². The maximum Gasteiger partial charge on any atom is 0.229 e. The molecule has 3 aromatic rings. The Hall–Kier alpha value is -2.99. The van der Waals surface area contributed by atoms with Crippen molar-refractivity contribution in [1.29, 1.82) is 0 Å². The van der Waals surface area contributed by atoms with Gasteiger partial charge in [-0.15, -0.1) is 0 Å². The van der Waals surface area contributed by atoms with Crippen molar-refractivity contribution in [3.05, 3.63) is 36.4 Å². The predicted molar refractivity (Wildman–Crippen MR) is 100 cm³/mol. The molecule has 1 saturated heterocycles. The molecular weight excluding hydrogens is 382 g/mol. The van der Waals surface area contributed by atoms with Gasteiger partial charge < -0.3 is 39.8 Å². The van der Waals surface area contributed by atoms with Gasteiger partial charge in [0.1, 0.15) is 41.7 Å². The number of ether oxygens (including phenoxy) is 3. The summed E-state index contributed by atoms with van der Waals surface area (Å²) >= 11 is 0. The van der Waals surface area contributed by atoms with Crippen molar-refractivity contribution in [2.24, 2.45) is 0 Å². The fraction of sp³-hybridized carbons (Fsp3) is 0.389. The van der Waals surface area contributed by atoms with E-state index >= 15 is 0 Å². The Bertz CT molecular complexity index is 982. The molecule has 1 unspecified atom stereocenters. The molecule has 1 fully saturated rings. The van der Waals surface area contributed by atoms with E-state index in [1.165, 1.54) is 12.7 Å². The Morgan fingerprint density at radius 2 is 2.07 bits per heavy atom. The van der Waals surface area contributed by atoms with Gasteiger partial charge in [0.05, 0.1) is 20.0 Å². The number of H-pyrrole nitrogens is 1. The van der Waals surface area contributed by atoms with E-state index < -0.39 is 31.2 Å². The van der Waals surface area contributed by atoms with Gasteiger partial charge in [-0.05, 0) is 18.2 Å². The molecule has 2 aromatic heterocycles. The van der Waals surface area contributed by atoms with Gasteiger partial charge in [0.25, 0.3) is 0 Å². The minimum absolute atomic E-state index is 0.312. The highest BCUT2D eigenvalue weighted by Crippen LogP contribution is 2.30. The predicted octanol–water partition coefficient (Wildman–Crippen LogP) is -0.209. The number of aromatic nitrogens is 4. The molecule has 154 valence electrons. The fourth-order valence-corrected chi connectivity index (χ4v) is 3.10. The molecule has 0 amide bonds. The van der Waals surface area contributed by atoms with Gasteiger partial charge in [0.15, 0.2) is 11.5 Å². The van der Waals surface area contributed by atoms with E-state index in [0.717, 1.165) is 0 Å². The molecule has 0 radical (unpaired) electrons. The maximum atomic E-state index is 10.1. The van der Waals surface area contributed by atoms with Gasteiger partial charge in [-0.3, -0.25) is 0 Å². The number of anilines is 1. The molecule has 1 aliphatic heterocycles. The highest BCUT2D eigenvalue weighted by atomic mass is 16.7. The van der Waals surface area contributed by atoms with Crippen LogP contribution in [0.15, 0.2) is 30.9 Å². The van der Waals surface area contributed by atoms with Crippen molar-refractivity contribution >= 4 is 17.0 Å². The zero-order chi connectivity index (χ0) is 20.4. The summed E-state index contributed by atoms with van der Waals surface area (Å²) in [6.45, 7) is -0.116. The minimum atomic E-state index is -1.29. The zero-order valence-corrected chi connectivity index (χ0v) is 15.5. The van der Waals surface area contributed by atoms with Crippen LogP contribution in [-0.4, -0.2) is 73.6 Å². The molecule has 0 aliphatic carbocycles. The molecule has 29 heavy (non-hydrogen) atoms. The summed E-state index contributed by atoms with van der Waals surface area (Å²) in [7, 11) is 1.55. The number of nitrogens with zero attached hydrogens (tertiary/aromatic N) is 3. The van der Waals surface area contributed by atoms with E-state index in [0.29, 0.717) is 40.6 Å². The Kier molecular flexibility index (Phi) is 5.45. The molecule has 3 heterocycles. The van der Waals surface area contributed by atoms with E-state index in [4.69, 9.17) is 14.2 Å². The van der Waals surface area contributed by atoms with Gasteiger partial charge in [0, 0.05) is 12.1 Å². The lowest BCUT2D eigenvalue weighted by atomic mass is 10.1. The van der Waals surface area contributed by atoms with Crippen LogP contribution < -0.4 is 14.8 Å². The van der Waals surface area contributed by atoms with Crippen LogP contribution in [0, 0.1) is 0 Å². The molecule has 5 N–H and O–H groups in total. The summed E-state index contributed by atoms with van der Waals surface area (Å²) in [5.74, 6) is 1.60. The Morgan fingerprint density at radius 1 is 1.21 bits per heavy atom. The maximum absolute atomic E-state index is 10.1. The van der Waals surface area contributed by atoms with Crippen LogP contribution in [0.4, 0.5) is 5.82 Å². The molecule has 0 spiro atoms. The van der Waals surface area contributed by atoms with Crippen molar-refractivity contribution in [2.45, 2.75) is 31.1 Å². The SMILES string of the molecule is COc1ccc(OC2O[C@H](CO)[C@@H](O)[C@H]2O)c(CNc2ncnc3nc[nH]c23)c1. The van der Waals surface area contributed by atoms with Gasteiger partial charge in [-0.1, -0.05) is 0 Å². The molecule has 11 nitrogen and oxygen atoms in total. The van der Waals surface area contributed by atoms with Gasteiger partial charge in [-0.2, -0.15) is 0 Å². The van der Waals surface area contributed by atoms with Crippen molar-refractivity contribution in [2.75, 3.05) is 19.0 Å². The van der Waals surface area contributed by atoms with Crippen LogP contribution in [0.3, 0.4) is 0 Å². The second kappa shape index (κ2) is 8.17. The van der Waals surface area contributed by atoms with Crippen molar-refractivity contribution in [3.63, 3.8) is 0 Å². The van der Waals surface area contributed by atoms with Crippen LogP contribution in [0.5, 0.6) is 11.5 Å². The topological polar surface area (TPSA) is 155 Å². The lowest BCUT2D eigenvalue weighted by Gasteiger charge is -2.20. The Morgan fingerprint density at radius 3 is 2.83 bits per heavy atom. The lowest BCUT2D eigenvalue weighted by molar-refractivity contribution is -0.116. The number of rotatable bonds is 7. The molecular formula is C18H21N5O6. The second-order valence-corrected chi connectivity index (χ2v) is 6.48. The number of aromatic amines is 1. The first-order valence-corrected chi connectivity index (χ1v) is 8.94. The fourth-order valence-electron chi connectivity index (χ4n) is 3.10. The molecule has 0 bridgehead atoms. The standard InChI is InChI=1S/C18H21N5O6/c1-27-10-2-3-11(28-18-15(26)14(25)12(6-24)29-18)9(4-10)5-19-16-13-17(21-7-20-13)23-8-22-16/h2-4,7-8,12,14-15,18,24-26H,5-6H2,1H3,(H2,19,20,21,22,23)/t12-,14-,15-,18?/m1/s1. The number of benzene rings is 1. The van der Waals surface area contributed by atoms with E-state index in [9.17, 15) is 15.3 Å². The number of methoxy groups -OCH3 is 1. The van der Waals surface area contributed by atoms with Crippen molar-refractivity contribution in [1.82, 2.24) is 19.9 Å². The first-order valence-electron chi connectivity index (χ1n) is 8.94. The van der Waals surface area contributed by atoms with Crippen LogP contribution in [0.1, 0.15) is 5.56 Å². The average Bonchev–Trinajstić information content (AvgIpc) is 3.33. The lowest BCUT2D eigenvalue weighted by Crippen LogP contribution is -2.35. The van der Waals surface area contributed by atoms with E-state index in [1.54, 1.807) is 25.3 Å². The van der Waals surface area contributed by atoms with Gasteiger partial charge in [0.2, 0.25) is 6.29 Å². The van der Waals surface area contributed by atoms with Gasteiger partial charge >= 0.3 is 0 Å². The molecule has 4 rings (SSSR count). The number of hydrogen-bond donors (Lipinski definition) is 5. The average molecular weight is 403 g/mol. The number of aliphatic hydroxyl groups excluding tert-OH is 3. The summed E-state index contributed by atoms with van der Waals surface area (Å²) in [6.07, 6.45) is -1.61. The second-order valence-electron chi connectivity index (χ2n) is 6.48. The number of hydrogen-bond acceptors (Lipinski definition) is 10. The van der Waals surface area contributed by atoms with Crippen molar-refractivity contribution < 1.29 is 29.5 Å². The minimum Gasteiger partial charge on any atom is -0.497 e. The quantitative estimate of drug-likeness (QED) is 0.358. The van der Waals surface area contributed by atoms with E-state index in [-0.39, 0.29) is 0 Å². The third-order valence-corrected chi connectivity index (χ3v) is 4.68. The summed E-state index contributed by atoms with van der Waals surface area (Å²) < 4.78 is 16.5. The third kappa shape index (κ3) is 3.80. The first kappa shape index (κ1) is 19.3. The molecule has 0 saturated carbocycles. The van der Waals surface area contributed by atoms with E-state index in [1.807, 2.05) is 0 Å². The number of imidazole rings is 1. The highest BCUT2D eigenvalue weighted by Gasteiger charge is 2.44. The molecule has 11 heteroatoms. The van der Waals surface area contributed by atoms with Crippen LogP contribution in [0.25, 0.3) is 11.2 Å². The van der Waals surface area contributed by atoms with Crippen LogP contribution in [-0.2, 0) is 11.3 Å². The Balaban J connectivity index is 1.55. The largest absolute Gasteiger partial charge is 0.497 e. The summed E-state index contributed by atoms with van der Waals surface area (Å²) in [4.78, 5) is 15.4. The summed E-state index contributed by atoms with van der Waals surface area (Å²) in [6, 6.07) is 5.16. The monoisotopic (exact) mass is 403 g/mol. The smallest absolute Gasteiger partial charge is 0.229 e. The van der Waals surface area contributed by atoms with Gasteiger partial charge in [-0.25, -0.2) is 15.0 Å². The third-order valence-electron chi connectivity index (χ3n) is 4.68. The first-order chi connectivity index (χ1) is 14.1. The molecule has 1 aromatic carbocycles. The van der Waals surface area contributed by atoms with E-state index in [2.05, 4.69) is 25.3 Å². The highest BCUT2D eigenvalue weighted by molar-refractivity contribution is 5.81. The normalized spacial score (nSPS) is 24.0. The summed E-state index contributed by atoms with van der Waals surface area (Å²) in [5, 5.41) is 32.5.